The molecule has 1 saturated heterocycles. The van der Waals surface area contributed by atoms with Crippen LogP contribution in [0.15, 0.2) is 18.2 Å². The third-order valence-corrected chi connectivity index (χ3v) is 4.54. The Morgan fingerprint density at radius 2 is 2.16 bits per heavy atom. The molecule has 2 N–H and O–H groups in total. The van der Waals surface area contributed by atoms with E-state index in [1.165, 1.54) is 30.4 Å². The zero-order chi connectivity index (χ0) is 13.8. The van der Waals surface area contributed by atoms with Gasteiger partial charge in [0.15, 0.2) is 0 Å². The fraction of sp³-hybridized carbons (Fsp3) is 0.625. The van der Waals surface area contributed by atoms with E-state index < -0.39 is 0 Å². The molecule has 2 atom stereocenters. The van der Waals surface area contributed by atoms with Crippen molar-refractivity contribution in [3.8, 4) is 0 Å². The van der Waals surface area contributed by atoms with E-state index in [9.17, 15) is 0 Å². The molecule has 106 valence electrons. The normalized spacial score (nSPS) is 23.1. The van der Waals surface area contributed by atoms with Crippen LogP contribution in [0.3, 0.4) is 0 Å². The van der Waals surface area contributed by atoms with Crippen molar-refractivity contribution in [3.05, 3.63) is 34.3 Å². The predicted octanol–water partition coefficient (Wildman–Crippen LogP) is 3.77. The summed E-state index contributed by atoms with van der Waals surface area (Å²) < 4.78 is 0. The Morgan fingerprint density at radius 3 is 2.84 bits per heavy atom. The summed E-state index contributed by atoms with van der Waals surface area (Å²) in [7, 11) is 0. The van der Waals surface area contributed by atoms with Gasteiger partial charge in [0, 0.05) is 17.6 Å². The molecule has 1 aliphatic rings. The molecule has 0 amide bonds. The molecule has 0 radical (unpaired) electrons. The van der Waals surface area contributed by atoms with Crippen LogP contribution < -0.4 is 5.73 Å². The second kappa shape index (κ2) is 6.74. The van der Waals surface area contributed by atoms with Crippen LogP contribution >= 0.6 is 11.6 Å². The maximum atomic E-state index is 6.05. The average Bonchev–Trinajstić information content (AvgIpc) is 2.58. The first kappa shape index (κ1) is 14.8. The Kier molecular flexibility index (Phi) is 5.26. The van der Waals surface area contributed by atoms with Crippen molar-refractivity contribution in [1.82, 2.24) is 4.90 Å². The fourth-order valence-corrected chi connectivity index (χ4v) is 3.31. The lowest BCUT2D eigenvalue weighted by molar-refractivity contribution is 0.207. The Bertz CT molecular complexity index is 419. The number of benzene rings is 1. The van der Waals surface area contributed by atoms with E-state index in [-0.39, 0.29) is 0 Å². The monoisotopic (exact) mass is 280 g/mol. The van der Waals surface area contributed by atoms with Crippen molar-refractivity contribution in [3.63, 3.8) is 0 Å². The Morgan fingerprint density at radius 1 is 1.37 bits per heavy atom. The van der Waals surface area contributed by atoms with Crippen molar-refractivity contribution in [2.24, 2.45) is 11.7 Å². The van der Waals surface area contributed by atoms with Gasteiger partial charge < -0.3 is 5.73 Å². The molecule has 0 bridgehead atoms. The Labute approximate surface area is 121 Å². The van der Waals surface area contributed by atoms with Crippen molar-refractivity contribution < 1.29 is 0 Å². The number of rotatable bonds is 3. The van der Waals surface area contributed by atoms with E-state index in [0.717, 1.165) is 24.0 Å². The minimum absolute atomic E-state index is 0.336. The number of hydrogen-bond donors (Lipinski definition) is 1. The molecule has 2 unspecified atom stereocenters. The van der Waals surface area contributed by atoms with Gasteiger partial charge in [0.25, 0.3) is 0 Å². The molecule has 3 heteroatoms. The van der Waals surface area contributed by atoms with Gasteiger partial charge in [-0.2, -0.15) is 0 Å². The van der Waals surface area contributed by atoms with E-state index in [1.54, 1.807) is 0 Å². The highest BCUT2D eigenvalue weighted by atomic mass is 35.5. The maximum Gasteiger partial charge on any atom is 0.0473 e. The Hall–Kier alpha value is -0.570. The third-order valence-electron chi connectivity index (χ3n) is 4.31. The molecule has 0 spiro atoms. The molecule has 1 aromatic rings. The third kappa shape index (κ3) is 3.71. The largest absolute Gasteiger partial charge is 0.329 e. The van der Waals surface area contributed by atoms with Gasteiger partial charge in [0.1, 0.15) is 0 Å². The van der Waals surface area contributed by atoms with Crippen LogP contribution in [0, 0.1) is 12.8 Å². The summed E-state index contributed by atoms with van der Waals surface area (Å²) in [4.78, 5) is 2.56. The van der Waals surface area contributed by atoms with Gasteiger partial charge in [-0.05, 0) is 68.5 Å². The van der Waals surface area contributed by atoms with Gasteiger partial charge in [-0.1, -0.05) is 24.6 Å². The molecule has 1 aliphatic heterocycles. The zero-order valence-electron chi connectivity index (χ0n) is 12.0. The second-order valence-corrected chi connectivity index (χ2v) is 6.26. The van der Waals surface area contributed by atoms with Crippen LogP contribution in [-0.4, -0.2) is 24.5 Å². The van der Waals surface area contributed by atoms with Crippen LogP contribution in [0.4, 0.5) is 0 Å². The smallest absolute Gasteiger partial charge is 0.0473 e. The van der Waals surface area contributed by atoms with Crippen LogP contribution in [0.5, 0.6) is 0 Å². The van der Waals surface area contributed by atoms with Gasteiger partial charge in [0.05, 0.1) is 0 Å². The minimum Gasteiger partial charge on any atom is -0.329 e. The number of halogens is 1. The molecule has 1 fully saturated rings. The van der Waals surface area contributed by atoms with E-state index in [2.05, 4.69) is 24.8 Å². The number of nitrogens with two attached hydrogens (primary N) is 1. The number of nitrogens with zero attached hydrogens (tertiary/aromatic N) is 1. The molecule has 1 aromatic carbocycles. The van der Waals surface area contributed by atoms with Crippen molar-refractivity contribution in [1.29, 1.82) is 0 Å². The highest BCUT2D eigenvalue weighted by Gasteiger charge is 2.23. The lowest BCUT2D eigenvalue weighted by atomic mass is 9.99. The van der Waals surface area contributed by atoms with E-state index in [4.69, 9.17) is 17.3 Å². The second-order valence-electron chi connectivity index (χ2n) is 5.82. The van der Waals surface area contributed by atoms with Gasteiger partial charge >= 0.3 is 0 Å². The summed E-state index contributed by atoms with van der Waals surface area (Å²) in [5, 5.41) is 0.807. The minimum atomic E-state index is 0.336. The van der Waals surface area contributed by atoms with Crippen LogP contribution in [-0.2, 0) is 0 Å². The first-order valence-electron chi connectivity index (χ1n) is 7.32. The highest BCUT2D eigenvalue weighted by molar-refractivity contribution is 6.30. The molecule has 19 heavy (non-hydrogen) atoms. The highest BCUT2D eigenvalue weighted by Crippen LogP contribution is 2.28. The van der Waals surface area contributed by atoms with E-state index in [1.807, 2.05) is 12.1 Å². The Balaban J connectivity index is 2.18. The lowest BCUT2D eigenvalue weighted by Crippen LogP contribution is -2.35. The van der Waals surface area contributed by atoms with E-state index in [0.29, 0.717) is 12.6 Å². The predicted molar refractivity (Wildman–Crippen MR) is 82.6 cm³/mol. The van der Waals surface area contributed by atoms with Crippen LogP contribution in [0.2, 0.25) is 5.02 Å². The fourth-order valence-electron chi connectivity index (χ4n) is 3.08. The summed E-state index contributed by atoms with van der Waals surface area (Å²) >= 11 is 6.05. The molecule has 0 aromatic heterocycles. The molecule has 2 nitrogen and oxygen atoms in total. The van der Waals surface area contributed by atoms with Crippen molar-refractivity contribution >= 4 is 11.6 Å². The maximum absolute atomic E-state index is 6.05. The van der Waals surface area contributed by atoms with Gasteiger partial charge in [-0.15, -0.1) is 0 Å². The quantitative estimate of drug-likeness (QED) is 0.913. The summed E-state index contributed by atoms with van der Waals surface area (Å²) in [6.45, 7) is 7.48. The van der Waals surface area contributed by atoms with Gasteiger partial charge in [-0.3, -0.25) is 4.90 Å². The van der Waals surface area contributed by atoms with Gasteiger partial charge in [-0.25, -0.2) is 0 Å². The average molecular weight is 281 g/mol. The van der Waals surface area contributed by atoms with E-state index >= 15 is 0 Å². The number of likely N-dealkylation sites (tertiary alicyclic amines) is 1. The summed E-state index contributed by atoms with van der Waals surface area (Å²) in [5.74, 6) is 0.842. The number of hydrogen-bond acceptors (Lipinski definition) is 2. The first-order chi connectivity index (χ1) is 9.11. The SMILES string of the molecule is Cc1cc(Cl)ccc1C(CN)N1CCCC(C)CC1. The number of aryl methyl sites for hydroxylation is 1. The van der Waals surface area contributed by atoms with Gasteiger partial charge in [0.2, 0.25) is 0 Å². The first-order valence-corrected chi connectivity index (χ1v) is 7.69. The molecular formula is C16H25ClN2. The van der Waals surface area contributed by atoms with Crippen LogP contribution in [0.25, 0.3) is 0 Å². The lowest BCUT2D eigenvalue weighted by Gasteiger charge is -2.31. The zero-order valence-corrected chi connectivity index (χ0v) is 12.8. The topological polar surface area (TPSA) is 29.3 Å². The standard InChI is InChI=1S/C16H25ClN2/c1-12-4-3-8-19(9-7-12)16(11-18)15-6-5-14(17)10-13(15)2/h5-6,10,12,16H,3-4,7-9,11,18H2,1-2H3. The summed E-state index contributed by atoms with van der Waals surface area (Å²) in [6, 6.07) is 6.50. The molecule has 2 rings (SSSR count). The summed E-state index contributed by atoms with van der Waals surface area (Å²) in [5.41, 5.74) is 8.64. The summed E-state index contributed by atoms with van der Waals surface area (Å²) in [6.07, 6.45) is 3.90. The van der Waals surface area contributed by atoms with Crippen LogP contribution in [0.1, 0.15) is 43.4 Å². The molecule has 0 saturated carbocycles. The van der Waals surface area contributed by atoms with Crippen molar-refractivity contribution in [2.75, 3.05) is 19.6 Å². The molecule has 1 heterocycles. The molecular weight excluding hydrogens is 256 g/mol. The van der Waals surface area contributed by atoms with Crippen molar-refractivity contribution in [2.45, 2.75) is 39.2 Å². The molecule has 0 aliphatic carbocycles.